The third-order valence-electron chi connectivity index (χ3n) is 2.39. The van der Waals surface area contributed by atoms with Crippen molar-refractivity contribution < 1.29 is 0 Å². The van der Waals surface area contributed by atoms with E-state index < -0.39 is 0 Å². The molecule has 0 spiro atoms. The maximum Gasteiger partial charge on any atom is 0.224 e. The van der Waals surface area contributed by atoms with Crippen molar-refractivity contribution >= 4 is 17.4 Å². The zero-order valence-electron chi connectivity index (χ0n) is 7.60. The van der Waals surface area contributed by atoms with E-state index in [4.69, 9.17) is 11.6 Å². The molecule has 0 amide bonds. The summed E-state index contributed by atoms with van der Waals surface area (Å²) in [5.41, 5.74) is 2.37. The Hall–Kier alpha value is -0.830. The fraction of sp³-hybridized carbons (Fsp3) is 0.556. The second-order valence-electron chi connectivity index (χ2n) is 3.22. The monoisotopic (exact) mass is 197 g/mol. The van der Waals surface area contributed by atoms with Crippen molar-refractivity contribution in [3.63, 3.8) is 0 Å². The Labute approximate surface area is 82.5 Å². The molecule has 1 aromatic rings. The summed E-state index contributed by atoms with van der Waals surface area (Å²) < 4.78 is 0. The molecule has 4 heteroatoms. The van der Waals surface area contributed by atoms with Gasteiger partial charge in [-0.3, -0.25) is 0 Å². The van der Waals surface area contributed by atoms with E-state index in [2.05, 4.69) is 15.3 Å². The molecule has 3 nitrogen and oxygen atoms in total. The molecule has 1 aromatic heterocycles. The number of halogens is 1. The molecular weight excluding hydrogens is 186 g/mol. The van der Waals surface area contributed by atoms with Gasteiger partial charge in [0.2, 0.25) is 5.28 Å². The SMILES string of the molecule is CNc1nc(Cl)nc2c1CCCC2. The molecule has 0 aliphatic heterocycles. The first kappa shape index (κ1) is 8.75. The number of aryl methyl sites for hydroxylation is 1. The molecule has 0 aromatic carbocycles. The van der Waals surface area contributed by atoms with Crippen LogP contribution in [0.1, 0.15) is 24.1 Å². The Bertz CT molecular complexity index is 308. The van der Waals surface area contributed by atoms with Crippen molar-refractivity contribution in [3.05, 3.63) is 16.5 Å². The summed E-state index contributed by atoms with van der Waals surface area (Å²) in [6.45, 7) is 0. The molecule has 0 unspecified atom stereocenters. The molecule has 0 fully saturated rings. The number of fused-ring (bicyclic) bond motifs is 1. The van der Waals surface area contributed by atoms with E-state index >= 15 is 0 Å². The average Bonchev–Trinajstić information content (AvgIpc) is 2.16. The predicted octanol–water partition coefficient (Wildman–Crippen LogP) is 2.05. The lowest BCUT2D eigenvalue weighted by Gasteiger charge is -2.17. The van der Waals surface area contributed by atoms with Crippen molar-refractivity contribution in [2.45, 2.75) is 25.7 Å². The zero-order valence-corrected chi connectivity index (χ0v) is 8.36. The quantitative estimate of drug-likeness (QED) is 0.701. The highest BCUT2D eigenvalue weighted by molar-refractivity contribution is 6.28. The second-order valence-corrected chi connectivity index (χ2v) is 3.56. The van der Waals surface area contributed by atoms with Gasteiger partial charge >= 0.3 is 0 Å². The molecule has 1 heterocycles. The third kappa shape index (κ3) is 1.61. The molecule has 0 radical (unpaired) electrons. The summed E-state index contributed by atoms with van der Waals surface area (Å²) in [7, 11) is 1.87. The van der Waals surface area contributed by atoms with Crippen molar-refractivity contribution in [2.75, 3.05) is 12.4 Å². The van der Waals surface area contributed by atoms with Crippen molar-refractivity contribution in [1.29, 1.82) is 0 Å². The number of anilines is 1. The summed E-state index contributed by atoms with van der Waals surface area (Å²) in [5.74, 6) is 0.898. The first-order chi connectivity index (χ1) is 6.31. The summed E-state index contributed by atoms with van der Waals surface area (Å²) >= 11 is 5.80. The number of hydrogen-bond donors (Lipinski definition) is 1. The van der Waals surface area contributed by atoms with Crippen LogP contribution in [0.25, 0.3) is 0 Å². The summed E-state index contributed by atoms with van der Waals surface area (Å²) in [4.78, 5) is 8.38. The Kier molecular flexibility index (Phi) is 2.36. The van der Waals surface area contributed by atoms with E-state index in [1.807, 2.05) is 7.05 Å². The second kappa shape index (κ2) is 3.50. The Balaban J connectivity index is 2.50. The first-order valence-corrected chi connectivity index (χ1v) is 4.92. The van der Waals surface area contributed by atoms with Crippen LogP contribution < -0.4 is 5.32 Å². The third-order valence-corrected chi connectivity index (χ3v) is 2.56. The van der Waals surface area contributed by atoms with E-state index in [9.17, 15) is 0 Å². The Morgan fingerprint density at radius 2 is 2.00 bits per heavy atom. The van der Waals surface area contributed by atoms with Gasteiger partial charge < -0.3 is 5.32 Å². The van der Waals surface area contributed by atoms with Gasteiger partial charge in [0.05, 0.1) is 5.69 Å². The molecule has 0 bridgehead atoms. The number of nitrogens with zero attached hydrogens (tertiary/aromatic N) is 2. The maximum atomic E-state index is 5.80. The Morgan fingerprint density at radius 3 is 2.77 bits per heavy atom. The smallest absolute Gasteiger partial charge is 0.224 e. The summed E-state index contributed by atoms with van der Waals surface area (Å²) in [6.07, 6.45) is 4.55. The Morgan fingerprint density at radius 1 is 1.23 bits per heavy atom. The molecule has 0 saturated carbocycles. The summed E-state index contributed by atoms with van der Waals surface area (Å²) in [5, 5.41) is 3.41. The van der Waals surface area contributed by atoms with Gasteiger partial charge in [0.1, 0.15) is 5.82 Å². The average molecular weight is 198 g/mol. The first-order valence-electron chi connectivity index (χ1n) is 4.54. The van der Waals surface area contributed by atoms with Crippen LogP contribution >= 0.6 is 11.6 Å². The van der Waals surface area contributed by atoms with Gasteiger partial charge in [-0.1, -0.05) is 0 Å². The van der Waals surface area contributed by atoms with Crippen LogP contribution in [0.2, 0.25) is 5.28 Å². The van der Waals surface area contributed by atoms with Crippen LogP contribution in [0.5, 0.6) is 0 Å². The predicted molar refractivity (Wildman–Crippen MR) is 53.2 cm³/mol. The number of rotatable bonds is 1. The molecular formula is C9H12ClN3. The molecule has 0 saturated heterocycles. The van der Waals surface area contributed by atoms with Crippen LogP contribution in [-0.4, -0.2) is 17.0 Å². The fourth-order valence-electron chi connectivity index (χ4n) is 1.77. The molecule has 2 rings (SSSR count). The van der Waals surface area contributed by atoms with Gasteiger partial charge in [0.25, 0.3) is 0 Å². The molecule has 1 aliphatic rings. The highest BCUT2D eigenvalue weighted by Crippen LogP contribution is 2.25. The van der Waals surface area contributed by atoms with Crippen molar-refractivity contribution in [3.8, 4) is 0 Å². The highest BCUT2D eigenvalue weighted by atomic mass is 35.5. The maximum absolute atomic E-state index is 5.80. The number of nitrogens with one attached hydrogen (secondary N) is 1. The molecule has 1 aliphatic carbocycles. The lowest BCUT2D eigenvalue weighted by Crippen LogP contribution is -2.10. The largest absolute Gasteiger partial charge is 0.373 e. The molecule has 13 heavy (non-hydrogen) atoms. The van der Waals surface area contributed by atoms with E-state index in [0.717, 1.165) is 24.4 Å². The van der Waals surface area contributed by atoms with Gasteiger partial charge in [0, 0.05) is 12.6 Å². The standard InChI is InChI=1S/C9H12ClN3/c1-11-8-6-4-2-3-5-7(6)12-9(10)13-8/h2-5H2,1H3,(H,11,12,13). The van der Waals surface area contributed by atoms with Crippen molar-refractivity contribution in [2.24, 2.45) is 0 Å². The topological polar surface area (TPSA) is 37.8 Å². The van der Waals surface area contributed by atoms with E-state index in [1.54, 1.807) is 0 Å². The van der Waals surface area contributed by atoms with E-state index in [-0.39, 0.29) is 0 Å². The fourth-order valence-corrected chi connectivity index (χ4v) is 1.96. The van der Waals surface area contributed by atoms with Crippen LogP contribution in [-0.2, 0) is 12.8 Å². The minimum absolute atomic E-state index is 0.352. The number of aromatic nitrogens is 2. The van der Waals surface area contributed by atoms with Crippen molar-refractivity contribution in [1.82, 2.24) is 9.97 Å². The van der Waals surface area contributed by atoms with Crippen LogP contribution in [0.15, 0.2) is 0 Å². The van der Waals surface area contributed by atoms with Gasteiger partial charge in [-0.05, 0) is 37.3 Å². The molecule has 70 valence electrons. The van der Waals surface area contributed by atoms with Crippen LogP contribution in [0.4, 0.5) is 5.82 Å². The molecule has 1 N–H and O–H groups in total. The normalized spacial score (nSPS) is 15.2. The van der Waals surface area contributed by atoms with Gasteiger partial charge in [-0.2, -0.15) is 0 Å². The minimum Gasteiger partial charge on any atom is -0.373 e. The van der Waals surface area contributed by atoms with Crippen LogP contribution in [0.3, 0.4) is 0 Å². The lowest BCUT2D eigenvalue weighted by molar-refractivity contribution is 0.664. The van der Waals surface area contributed by atoms with E-state index in [1.165, 1.54) is 18.4 Å². The zero-order chi connectivity index (χ0) is 9.26. The summed E-state index contributed by atoms with van der Waals surface area (Å²) in [6, 6.07) is 0. The molecule has 0 atom stereocenters. The lowest BCUT2D eigenvalue weighted by atomic mass is 9.96. The van der Waals surface area contributed by atoms with Gasteiger partial charge in [-0.25, -0.2) is 9.97 Å². The van der Waals surface area contributed by atoms with Gasteiger partial charge in [-0.15, -0.1) is 0 Å². The van der Waals surface area contributed by atoms with Gasteiger partial charge in [0.15, 0.2) is 0 Å². The van der Waals surface area contributed by atoms with E-state index in [0.29, 0.717) is 5.28 Å². The van der Waals surface area contributed by atoms with Crippen LogP contribution in [0, 0.1) is 0 Å². The minimum atomic E-state index is 0.352. The highest BCUT2D eigenvalue weighted by Gasteiger charge is 2.15. The number of hydrogen-bond acceptors (Lipinski definition) is 3.